The Kier molecular flexibility index (Phi) is 4.13. The molecule has 0 amide bonds. The van der Waals surface area contributed by atoms with Gasteiger partial charge >= 0.3 is 0 Å². The summed E-state index contributed by atoms with van der Waals surface area (Å²) in [6.07, 6.45) is 7.65. The quantitative estimate of drug-likeness (QED) is 0.895. The van der Waals surface area contributed by atoms with E-state index in [9.17, 15) is 0 Å². The van der Waals surface area contributed by atoms with Crippen LogP contribution in [0.1, 0.15) is 49.9 Å². The van der Waals surface area contributed by atoms with Crippen LogP contribution in [0, 0.1) is 12.8 Å². The second-order valence-corrected chi connectivity index (χ2v) is 6.68. The van der Waals surface area contributed by atoms with E-state index in [0.29, 0.717) is 6.04 Å². The summed E-state index contributed by atoms with van der Waals surface area (Å²) in [5.74, 6) is 0.991. The Balaban J connectivity index is 1.50. The van der Waals surface area contributed by atoms with Crippen LogP contribution >= 0.6 is 0 Å². The van der Waals surface area contributed by atoms with Gasteiger partial charge in [-0.3, -0.25) is 9.58 Å². The van der Waals surface area contributed by atoms with Crippen molar-refractivity contribution >= 4 is 0 Å². The number of aromatic nitrogens is 2. The van der Waals surface area contributed by atoms with Gasteiger partial charge in [0.25, 0.3) is 0 Å². The molecule has 2 aliphatic rings. The van der Waals surface area contributed by atoms with Crippen LogP contribution < -0.4 is 5.32 Å². The summed E-state index contributed by atoms with van der Waals surface area (Å²) in [6, 6.07) is 1.24. The van der Waals surface area contributed by atoms with Crippen molar-refractivity contribution in [2.45, 2.75) is 51.6 Å². The summed E-state index contributed by atoms with van der Waals surface area (Å²) in [6.45, 7) is 8.11. The molecule has 0 bridgehead atoms. The van der Waals surface area contributed by atoms with Crippen LogP contribution in [0.25, 0.3) is 0 Å². The Morgan fingerprint density at radius 3 is 2.55 bits per heavy atom. The standard InChI is InChI=1S/C16H28N4/c1-12-16(11-19(3)18-12)13(2)20-8-6-15(7-9-20)17-10-14-4-5-14/h11,13-15,17H,4-10H2,1-3H3. The zero-order valence-electron chi connectivity index (χ0n) is 13.1. The summed E-state index contributed by atoms with van der Waals surface area (Å²) in [5, 5.41) is 8.23. The Labute approximate surface area is 122 Å². The van der Waals surface area contributed by atoms with Crippen LogP contribution in [-0.2, 0) is 7.05 Å². The molecular formula is C16H28N4. The molecule has 1 atom stereocenters. The molecule has 1 saturated carbocycles. The lowest BCUT2D eigenvalue weighted by molar-refractivity contribution is 0.152. The summed E-state index contributed by atoms with van der Waals surface area (Å²) in [4.78, 5) is 2.61. The topological polar surface area (TPSA) is 33.1 Å². The molecule has 1 aliphatic carbocycles. The third-order valence-electron chi connectivity index (χ3n) is 4.97. The van der Waals surface area contributed by atoms with Crippen LogP contribution in [0.4, 0.5) is 0 Å². The van der Waals surface area contributed by atoms with Gasteiger partial charge in [-0.15, -0.1) is 0 Å². The van der Waals surface area contributed by atoms with Crippen LogP contribution in [-0.4, -0.2) is 40.4 Å². The fourth-order valence-corrected chi connectivity index (χ4v) is 3.37. The highest BCUT2D eigenvalue weighted by Gasteiger charge is 2.27. The average Bonchev–Trinajstić information content (AvgIpc) is 3.21. The van der Waals surface area contributed by atoms with Crippen molar-refractivity contribution in [3.8, 4) is 0 Å². The lowest BCUT2D eigenvalue weighted by Gasteiger charge is -2.36. The molecule has 1 aromatic rings. The van der Waals surface area contributed by atoms with E-state index in [1.807, 2.05) is 11.7 Å². The van der Waals surface area contributed by atoms with E-state index in [2.05, 4.69) is 35.4 Å². The molecule has 4 heteroatoms. The lowest BCUT2D eigenvalue weighted by atomic mass is 10.0. The summed E-state index contributed by atoms with van der Waals surface area (Å²) in [5.41, 5.74) is 2.56. The van der Waals surface area contributed by atoms with Crippen molar-refractivity contribution in [1.29, 1.82) is 0 Å². The molecule has 0 aromatic carbocycles. The number of piperidine rings is 1. The van der Waals surface area contributed by atoms with Crippen molar-refractivity contribution in [3.05, 3.63) is 17.5 Å². The predicted molar refractivity (Wildman–Crippen MR) is 81.7 cm³/mol. The summed E-state index contributed by atoms with van der Waals surface area (Å²) < 4.78 is 1.94. The molecule has 1 unspecified atom stereocenters. The predicted octanol–water partition coefficient (Wildman–Crippen LogP) is 2.25. The third-order valence-corrected chi connectivity index (χ3v) is 4.97. The third kappa shape index (κ3) is 3.23. The minimum Gasteiger partial charge on any atom is -0.314 e. The maximum atomic E-state index is 4.48. The number of aryl methyl sites for hydroxylation is 2. The van der Waals surface area contributed by atoms with E-state index in [1.165, 1.54) is 56.6 Å². The summed E-state index contributed by atoms with van der Waals surface area (Å²) >= 11 is 0. The van der Waals surface area contributed by atoms with Gasteiger partial charge in [-0.1, -0.05) is 0 Å². The average molecular weight is 276 g/mol. The highest BCUT2D eigenvalue weighted by Crippen LogP contribution is 2.29. The molecule has 1 aliphatic heterocycles. The molecule has 1 aromatic heterocycles. The van der Waals surface area contributed by atoms with Gasteiger partial charge in [0, 0.05) is 44.0 Å². The van der Waals surface area contributed by atoms with Gasteiger partial charge in [0.15, 0.2) is 0 Å². The largest absolute Gasteiger partial charge is 0.314 e. The number of nitrogens with zero attached hydrogens (tertiary/aromatic N) is 3. The van der Waals surface area contributed by atoms with E-state index >= 15 is 0 Å². The number of nitrogens with one attached hydrogen (secondary N) is 1. The van der Waals surface area contributed by atoms with Crippen molar-refractivity contribution in [3.63, 3.8) is 0 Å². The van der Waals surface area contributed by atoms with E-state index in [4.69, 9.17) is 0 Å². The first-order valence-electron chi connectivity index (χ1n) is 8.11. The van der Waals surface area contributed by atoms with Crippen LogP contribution in [0.5, 0.6) is 0 Å². The maximum Gasteiger partial charge on any atom is 0.0641 e. The smallest absolute Gasteiger partial charge is 0.0641 e. The maximum absolute atomic E-state index is 4.48. The molecule has 0 radical (unpaired) electrons. The van der Waals surface area contributed by atoms with Gasteiger partial charge in [-0.2, -0.15) is 5.10 Å². The zero-order chi connectivity index (χ0) is 14.1. The number of likely N-dealkylation sites (tertiary alicyclic amines) is 1. The van der Waals surface area contributed by atoms with Crippen molar-refractivity contribution < 1.29 is 0 Å². The molecule has 20 heavy (non-hydrogen) atoms. The molecule has 112 valence electrons. The van der Waals surface area contributed by atoms with Gasteiger partial charge in [-0.05, 0) is 52.0 Å². The van der Waals surface area contributed by atoms with Crippen LogP contribution in [0.2, 0.25) is 0 Å². The minimum absolute atomic E-state index is 0.494. The Bertz CT molecular complexity index is 441. The van der Waals surface area contributed by atoms with Gasteiger partial charge in [0.2, 0.25) is 0 Å². The van der Waals surface area contributed by atoms with Crippen LogP contribution in [0.15, 0.2) is 6.20 Å². The van der Waals surface area contributed by atoms with E-state index in [1.54, 1.807) is 0 Å². The fraction of sp³-hybridized carbons (Fsp3) is 0.812. The monoisotopic (exact) mass is 276 g/mol. The molecule has 3 rings (SSSR count). The normalized spacial score (nSPS) is 23.1. The second-order valence-electron chi connectivity index (χ2n) is 6.68. The lowest BCUT2D eigenvalue weighted by Crippen LogP contribution is -2.43. The van der Waals surface area contributed by atoms with E-state index in [-0.39, 0.29) is 0 Å². The highest BCUT2D eigenvalue weighted by atomic mass is 15.3. The van der Waals surface area contributed by atoms with Gasteiger partial charge in [0.05, 0.1) is 5.69 Å². The Morgan fingerprint density at radius 2 is 2.00 bits per heavy atom. The molecule has 0 spiro atoms. The molecule has 2 fully saturated rings. The first kappa shape index (κ1) is 14.1. The first-order chi connectivity index (χ1) is 9.63. The number of rotatable bonds is 5. The summed E-state index contributed by atoms with van der Waals surface area (Å²) in [7, 11) is 2.01. The van der Waals surface area contributed by atoms with Crippen LogP contribution in [0.3, 0.4) is 0 Å². The Hall–Kier alpha value is -0.870. The van der Waals surface area contributed by atoms with E-state index < -0.39 is 0 Å². The SMILES string of the molecule is Cc1nn(C)cc1C(C)N1CCC(NCC2CC2)CC1. The van der Waals surface area contributed by atoms with Crippen molar-refractivity contribution in [1.82, 2.24) is 20.0 Å². The van der Waals surface area contributed by atoms with Crippen molar-refractivity contribution in [2.24, 2.45) is 13.0 Å². The molecule has 2 heterocycles. The van der Waals surface area contributed by atoms with E-state index in [0.717, 1.165) is 12.0 Å². The van der Waals surface area contributed by atoms with Gasteiger partial charge in [0.1, 0.15) is 0 Å². The van der Waals surface area contributed by atoms with Gasteiger partial charge < -0.3 is 5.32 Å². The van der Waals surface area contributed by atoms with Crippen molar-refractivity contribution in [2.75, 3.05) is 19.6 Å². The second kappa shape index (κ2) is 5.86. The zero-order valence-corrected chi connectivity index (χ0v) is 13.1. The molecule has 1 N–H and O–H groups in total. The fourth-order valence-electron chi connectivity index (χ4n) is 3.37. The van der Waals surface area contributed by atoms with Gasteiger partial charge in [-0.25, -0.2) is 0 Å². The molecule has 1 saturated heterocycles. The molecular weight excluding hydrogens is 248 g/mol. The Morgan fingerprint density at radius 1 is 1.30 bits per heavy atom. The molecule has 4 nitrogen and oxygen atoms in total. The number of hydrogen-bond acceptors (Lipinski definition) is 3. The minimum atomic E-state index is 0.494. The number of hydrogen-bond donors (Lipinski definition) is 1. The first-order valence-corrected chi connectivity index (χ1v) is 8.11. The highest BCUT2D eigenvalue weighted by molar-refractivity contribution is 5.19.